The van der Waals surface area contributed by atoms with Gasteiger partial charge in [-0.3, -0.25) is 19.2 Å². The van der Waals surface area contributed by atoms with Crippen molar-refractivity contribution in [1.82, 2.24) is 25.2 Å². The lowest BCUT2D eigenvalue weighted by molar-refractivity contribution is -0.145. The molecule has 7 rings (SSSR count). The van der Waals surface area contributed by atoms with Crippen LogP contribution in [0.25, 0.3) is 10.9 Å². The van der Waals surface area contributed by atoms with Crippen molar-refractivity contribution in [2.45, 2.75) is 141 Å². The van der Waals surface area contributed by atoms with Gasteiger partial charge in [-0.05, 0) is 78.7 Å². The van der Waals surface area contributed by atoms with Crippen molar-refractivity contribution in [2.24, 2.45) is 39.2 Å². The Morgan fingerprint density at radius 3 is 2.28 bits per heavy atom. The summed E-state index contributed by atoms with van der Waals surface area (Å²) < 4.78 is 29.5. The van der Waals surface area contributed by atoms with Gasteiger partial charge >= 0.3 is 0 Å². The number of aromatic amines is 1. The number of nitrogens with one attached hydrogen (secondary N) is 4. The average Bonchev–Trinajstić information content (AvgIpc) is 3.60. The SMILES string of the molecule is CC[C@@H]1C[C@]1(NC(=O)[C@@H]1C[C@@]2(CN1C(=O)[C@@H](NC(=O)[C@@H](N)C1CCCCC1)C(C)(C)C)C(C)(C)C21CCC1)C(=O)NS(=O)(=O)c1cccc2cc[nH]c12. The molecule has 2 aromatic rings. The number of sulfonamides is 1. The standard InChI is InChI=1S/C40H58N6O6S/c1-7-26-21-40(26,35(50)45-53(51,52)28-16-11-15-25-17-20-42-30(25)28)44-32(47)27-22-39(37(5,6)38(39)18-12-19-38)23-46(27)34(49)31(36(2,3)4)43-33(48)29(41)24-13-9-8-10-14-24/h11,15-17,20,24,26-27,29,31,42H,7-10,12-14,18-19,21-23,41H2,1-6H3,(H,43,48)(H,44,47)(H,45,50)/t26-,27+,29+,31-,39-,40-/m1/s1. The van der Waals surface area contributed by atoms with E-state index in [1.165, 1.54) is 6.07 Å². The molecule has 53 heavy (non-hydrogen) atoms. The molecule has 2 heterocycles. The smallest absolute Gasteiger partial charge is 0.266 e. The third-order valence-corrected chi connectivity index (χ3v) is 16.0. The summed E-state index contributed by atoms with van der Waals surface area (Å²) in [5, 5.41) is 6.74. The Balaban J connectivity index is 1.16. The van der Waals surface area contributed by atoms with Crippen LogP contribution >= 0.6 is 0 Å². The molecule has 5 fully saturated rings. The first-order valence-electron chi connectivity index (χ1n) is 19.7. The van der Waals surface area contributed by atoms with Gasteiger partial charge in [0.1, 0.15) is 22.5 Å². The number of para-hydroxylation sites is 1. The molecule has 1 aromatic heterocycles. The molecule has 1 aliphatic heterocycles. The van der Waals surface area contributed by atoms with Gasteiger partial charge in [0.15, 0.2) is 0 Å². The van der Waals surface area contributed by atoms with Crippen molar-refractivity contribution < 1.29 is 27.6 Å². The van der Waals surface area contributed by atoms with Crippen LogP contribution in [0.1, 0.15) is 112 Å². The zero-order valence-corrected chi connectivity index (χ0v) is 33.0. The lowest BCUT2D eigenvalue weighted by Gasteiger charge is -2.37. The number of hydrogen-bond donors (Lipinski definition) is 5. The summed E-state index contributed by atoms with van der Waals surface area (Å²) in [6.45, 7) is 12.5. The summed E-state index contributed by atoms with van der Waals surface area (Å²) in [7, 11) is -4.30. The summed E-state index contributed by atoms with van der Waals surface area (Å²) in [4.78, 5) is 61.8. The third kappa shape index (κ3) is 5.81. The molecule has 4 saturated carbocycles. The Hall–Kier alpha value is -3.45. The molecular formula is C40H58N6O6S. The fraction of sp³-hybridized carbons (Fsp3) is 0.700. The molecule has 0 radical (unpaired) electrons. The van der Waals surface area contributed by atoms with Gasteiger partial charge in [-0.1, -0.05) is 85.8 Å². The van der Waals surface area contributed by atoms with Gasteiger partial charge < -0.3 is 26.3 Å². The third-order valence-electron chi connectivity index (χ3n) is 14.7. The normalized spacial score (nSPS) is 30.1. The largest absolute Gasteiger partial charge is 0.360 e. The predicted molar refractivity (Wildman–Crippen MR) is 201 cm³/mol. The maximum absolute atomic E-state index is 14.9. The molecule has 290 valence electrons. The number of nitrogens with two attached hydrogens (primary N) is 1. The van der Waals surface area contributed by atoms with Gasteiger partial charge in [-0.2, -0.15) is 0 Å². The molecule has 0 bridgehead atoms. The van der Waals surface area contributed by atoms with Gasteiger partial charge in [0.2, 0.25) is 17.7 Å². The van der Waals surface area contributed by atoms with E-state index < -0.39 is 50.9 Å². The van der Waals surface area contributed by atoms with E-state index in [1.54, 1.807) is 29.3 Å². The number of fused-ring (bicyclic) bond motifs is 2. The van der Waals surface area contributed by atoms with Crippen molar-refractivity contribution >= 4 is 44.6 Å². The van der Waals surface area contributed by atoms with Crippen LogP contribution in [-0.2, 0) is 29.2 Å². The number of H-pyrrole nitrogens is 1. The fourth-order valence-electron chi connectivity index (χ4n) is 11.0. The van der Waals surface area contributed by atoms with Gasteiger partial charge in [-0.25, -0.2) is 13.1 Å². The second kappa shape index (κ2) is 12.8. The first kappa shape index (κ1) is 37.8. The number of carbonyl (C=O) groups excluding carboxylic acids is 4. The molecule has 2 spiro atoms. The lowest BCUT2D eigenvalue weighted by Crippen LogP contribution is -2.61. The van der Waals surface area contributed by atoms with E-state index in [4.69, 9.17) is 5.73 Å². The van der Waals surface area contributed by atoms with Crippen LogP contribution in [0.5, 0.6) is 0 Å². The van der Waals surface area contributed by atoms with Crippen LogP contribution in [0.2, 0.25) is 0 Å². The maximum Gasteiger partial charge on any atom is 0.266 e. The van der Waals surface area contributed by atoms with Crippen LogP contribution in [0.15, 0.2) is 35.4 Å². The van der Waals surface area contributed by atoms with E-state index in [-0.39, 0.29) is 51.2 Å². The summed E-state index contributed by atoms with van der Waals surface area (Å²) in [6.07, 6.45) is 11.0. The minimum Gasteiger partial charge on any atom is -0.360 e. The van der Waals surface area contributed by atoms with Crippen LogP contribution in [-0.4, -0.2) is 72.1 Å². The van der Waals surface area contributed by atoms with Gasteiger partial charge in [0.05, 0.1) is 11.6 Å². The lowest BCUT2D eigenvalue weighted by atomic mass is 9.73. The molecule has 1 saturated heterocycles. The van der Waals surface area contributed by atoms with Gasteiger partial charge in [-0.15, -0.1) is 0 Å². The van der Waals surface area contributed by atoms with Crippen molar-refractivity contribution in [3.63, 3.8) is 0 Å². The molecular weight excluding hydrogens is 693 g/mol. The second-order valence-electron chi connectivity index (χ2n) is 18.5. The van der Waals surface area contributed by atoms with Crippen molar-refractivity contribution in [1.29, 1.82) is 0 Å². The number of rotatable bonds is 10. The molecule has 12 nitrogen and oxygen atoms in total. The van der Waals surface area contributed by atoms with E-state index in [0.29, 0.717) is 30.3 Å². The van der Waals surface area contributed by atoms with E-state index in [9.17, 15) is 27.6 Å². The molecule has 6 atom stereocenters. The van der Waals surface area contributed by atoms with E-state index in [0.717, 1.165) is 51.4 Å². The van der Waals surface area contributed by atoms with E-state index in [2.05, 4.69) is 34.2 Å². The van der Waals surface area contributed by atoms with E-state index in [1.807, 2.05) is 27.7 Å². The predicted octanol–water partition coefficient (Wildman–Crippen LogP) is 4.49. The van der Waals surface area contributed by atoms with Crippen LogP contribution in [0.4, 0.5) is 0 Å². The zero-order chi connectivity index (χ0) is 38.4. The highest BCUT2D eigenvalue weighted by Crippen LogP contribution is 2.88. The first-order chi connectivity index (χ1) is 24.9. The number of likely N-dealkylation sites (tertiary alicyclic amines) is 1. The number of nitrogens with zero attached hydrogens (tertiary/aromatic N) is 1. The van der Waals surface area contributed by atoms with Crippen molar-refractivity contribution in [3.8, 4) is 0 Å². The Kier molecular flexibility index (Phi) is 9.15. The highest BCUT2D eigenvalue weighted by molar-refractivity contribution is 7.90. The summed E-state index contributed by atoms with van der Waals surface area (Å²) in [5.74, 6) is -2.16. The monoisotopic (exact) mass is 750 g/mol. The Morgan fingerprint density at radius 2 is 1.70 bits per heavy atom. The van der Waals surface area contributed by atoms with Crippen molar-refractivity contribution in [3.05, 3.63) is 30.5 Å². The Bertz CT molecular complexity index is 1920. The fourth-order valence-corrected chi connectivity index (χ4v) is 12.2. The maximum atomic E-state index is 14.9. The van der Waals surface area contributed by atoms with Crippen LogP contribution < -0.4 is 21.1 Å². The zero-order valence-electron chi connectivity index (χ0n) is 32.1. The molecule has 0 unspecified atom stereocenters. The van der Waals surface area contributed by atoms with Gasteiger partial charge in [0, 0.05) is 23.5 Å². The minimum atomic E-state index is -4.30. The number of hydrogen-bond acceptors (Lipinski definition) is 7. The second-order valence-corrected chi connectivity index (χ2v) is 20.1. The summed E-state index contributed by atoms with van der Waals surface area (Å²) in [6, 6.07) is 4.02. The summed E-state index contributed by atoms with van der Waals surface area (Å²) in [5.41, 5.74) is 4.39. The van der Waals surface area contributed by atoms with Crippen LogP contribution in [0.3, 0.4) is 0 Å². The van der Waals surface area contributed by atoms with Gasteiger partial charge in [0.25, 0.3) is 15.9 Å². The number of carbonyl (C=O) groups is 4. The van der Waals surface area contributed by atoms with Crippen LogP contribution in [0, 0.1) is 33.5 Å². The topological polar surface area (TPSA) is 184 Å². The number of amides is 4. The first-order valence-corrected chi connectivity index (χ1v) is 21.2. The number of benzene rings is 1. The highest BCUT2D eigenvalue weighted by atomic mass is 32.2. The Labute approximate surface area is 313 Å². The number of aromatic nitrogens is 1. The molecule has 5 aliphatic rings. The molecule has 13 heteroatoms. The Morgan fingerprint density at radius 1 is 1.00 bits per heavy atom. The van der Waals surface area contributed by atoms with Crippen molar-refractivity contribution in [2.75, 3.05) is 6.54 Å². The highest BCUT2D eigenvalue weighted by Gasteiger charge is 2.85. The molecule has 4 aliphatic carbocycles. The quantitative estimate of drug-likeness (QED) is 0.237. The average molecular weight is 751 g/mol. The van der Waals surface area contributed by atoms with E-state index >= 15 is 0 Å². The minimum absolute atomic E-state index is 0.0187. The molecule has 6 N–H and O–H groups in total. The molecule has 1 aromatic carbocycles. The summed E-state index contributed by atoms with van der Waals surface area (Å²) >= 11 is 0. The molecule has 4 amide bonds.